The Hall–Kier alpha value is -2.04. The SMILES string of the molecule is COc1cccc(CCNC(=O)CNC(=O)C(C)(C)C)c1. The highest BCUT2D eigenvalue weighted by Crippen LogP contribution is 2.13. The third-order valence-corrected chi connectivity index (χ3v) is 2.96. The molecule has 5 nitrogen and oxygen atoms in total. The fourth-order valence-electron chi connectivity index (χ4n) is 1.66. The summed E-state index contributed by atoms with van der Waals surface area (Å²) in [6, 6.07) is 7.72. The second kappa shape index (κ2) is 7.67. The van der Waals surface area contributed by atoms with Crippen molar-refractivity contribution in [2.45, 2.75) is 27.2 Å². The van der Waals surface area contributed by atoms with Crippen LogP contribution in [0.3, 0.4) is 0 Å². The van der Waals surface area contributed by atoms with E-state index < -0.39 is 5.41 Å². The minimum atomic E-state index is -0.485. The largest absolute Gasteiger partial charge is 0.497 e. The highest BCUT2D eigenvalue weighted by molar-refractivity contribution is 5.87. The minimum Gasteiger partial charge on any atom is -0.497 e. The molecule has 0 saturated carbocycles. The van der Waals surface area contributed by atoms with Crippen LogP contribution in [-0.4, -0.2) is 32.0 Å². The van der Waals surface area contributed by atoms with E-state index in [1.54, 1.807) is 7.11 Å². The normalized spacial score (nSPS) is 10.9. The van der Waals surface area contributed by atoms with Gasteiger partial charge in [0, 0.05) is 12.0 Å². The summed E-state index contributed by atoms with van der Waals surface area (Å²) in [6.45, 7) is 5.96. The molecule has 0 aromatic heterocycles. The van der Waals surface area contributed by atoms with Crippen LogP contribution in [0, 0.1) is 5.41 Å². The molecule has 0 heterocycles. The highest BCUT2D eigenvalue weighted by Gasteiger charge is 2.21. The number of amides is 2. The van der Waals surface area contributed by atoms with E-state index in [1.807, 2.05) is 45.0 Å². The zero-order valence-corrected chi connectivity index (χ0v) is 13.2. The Bertz CT molecular complexity index is 493. The Morgan fingerprint density at radius 2 is 1.90 bits per heavy atom. The molecule has 0 saturated heterocycles. The molecule has 1 aromatic carbocycles. The molecular weight excluding hydrogens is 268 g/mol. The van der Waals surface area contributed by atoms with E-state index in [-0.39, 0.29) is 18.4 Å². The Morgan fingerprint density at radius 1 is 1.19 bits per heavy atom. The first-order valence-corrected chi connectivity index (χ1v) is 7.01. The van der Waals surface area contributed by atoms with Gasteiger partial charge >= 0.3 is 0 Å². The standard InChI is InChI=1S/C16H24N2O3/c1-16(2,3)15(20)18-11-14(19)17-9-8-12-6-5-7-13(10-12)21-4/h5-7,10H,8-9,11H2,1-4H3,(H,17,19)(H,18,20). The molecule has 1 rings (SSSR count). The Kier molecular flexibility index (Phi) is 6.21. The van der Waals surface area contributed by atoms with E-state index >= 15 is 0 Å². The lowest BCUT2D eigenvalue weighted by Crippen LogP contribution is -2.42. The monoisotopic (exact) mass is 292 g/mol. The number of rotatable bonds is 6. The summed E-state index contributed by atoms with van der Waals surface area (Å²) < 4.78 is 5.14. The average Bonchev–Trinajstić information content (AvgIpc) is 2.44. The van der Waals surface area contributed by atoms with Gasteiger partial charge in [-0.2, -0.15) is 0 Å². The van der Waals surface area contributed by atoms with Crippen molar-refractivity contribution in [2.24, 2.45) is 5.41 Å². The van der Waals surface area contributed by atoms with Gasteiger partial charge in [0.15, 0.2) is 0 Å². The maximum atomic E-state index is 11.6. The fraction of sp³-hybridized carbons (Fsp3) is 0.500. The molecular formula is C16H24N2O3. The number of hydrogen-bond donors (Lipinski definition) is 2. The van der Waals surface area contributed by atoms with E-state index in [4.69, 9.17) is 4.74 Å². The zero-order valence-electron chi connectivity index (χ0n) is 13.2. The van der Waals surface area contributed by atoms with Crippen molar-refractivity contribution in [1.29, 1.82) is 0 Å². The number of carbonyl (C=O) groups excluding carboxylic acids is 2. The summed E-state index contributed by atoms with van der Waals surface area (Å²) >= 11 is 0. The van der Waals surface area contributed by atoms with Gasteiger partial charge in [0.05, 0.1) is 13.7 Å². The van der Waals surface area contributed by atoms with Crippen LogP contribution in [0.5, 0.6) is 5.75 Å². The fourth-order valence-corrected chi connectivity index (χ4v) is 1.66. The molecule has 5 heteroatoms. The molecule has 0 bridgehead atoms. The molecule has 0 aliphatic heterocycles. The van der Waals surface area contributed by atoms with Crippen LogP contribution in [0.1, 0.15) is 26.3 Å². The average molecular weight is 292 g/mol. The van der Waals surface area contributed by atoms with Gasteiger partial charge in [0.25, 0.3) is 0 Å². The maximum Gasteiger partial charge on any atom is 0.239 e. The summed E-state index contributed by atoms with van der Waals surface area (Å²) in [5, 5.41) is 5.40. The predicted molar refractivity (Wildman–Crippen MR) is 82.2 cm³/mol. The molecule has 2 amide bonds. The van der Waals surface area contributed by atoms with Gasteiger partial charge in [-0.15, -0.1) is 0 Å². The number of ether oxygens (including phenoxy) is 1. The summed E-state index contributed by atoms with van der Waals surface area (Å²) in [6.07, 6.45) is 0.718. The van der Waals surface area contributed by atoms with E-state index in [0.717, 1.165) is 17.7 Å². The molecule has 1 aromatic rings. The van der Waals surface area contributed by atoms with Gasteiger partial charge in [0.2, 0.25) is 11.8 Å². The minimum absolute atomic E-state index is 0.00815. The smallest absolute Gasteiger partial charge is 0.239 e. The maximum absolute atomic E-state index is 11.6. The molecule has 21 heavy (non-hydrogen) atoms. The van der Waals surface area contributed by atoms with Crippen molar-refractivity contribution in [1.82, 2.24) is 10.6 Å². The number of hydrogen-bond acceptors (Lipinski definition) is 3. The van der Waals surface area contributed by atoms with Crippen molar-refractivity contribution in [3.05, 3.63) is 29.8 Å². The van der Waals surface area contributed by atoms with Crippen LogP contribution < -0.4 is 15.4 Å². The Balaban J connectivity index is 2.29. The van der Waals surface area contributed by atoms with E-state index in [9.17, 15) is 9.59 Å². The summed E-state index contributed by atoms with van der Waals surface area (Å²) in [7, 11) is 1.62. The first-order valence-electron chi connectivity index (χ1n) is 7.01. The van der Waals surface area contributed by atoms with E-state index in [1.165, 1.54) is 0 Å². The van der Waals surface area contributed by atoms with Crippen LogP contribution in [0.15, 0.2) is 24.3 Å². The van der Waals surface area contributed by atoms with Crippen LogP contribution in [0.4, 0.5) is 0 Å². The predicted octanol–water partition coefficient (Wildman–Crippen LogP) is 1.52. The van der Waals surface area contributed by atoms with Crippen molar-refractivity contribution >= 4 is 11.8 Å². The molecule has 116 valence electrons. The number of carbonyl (C=O) groups is 2. The molecule has 0 spiro atoms. The zero-order chi connectivity index (χ0) is 15.9. The van der Waals surface area contributed by atoms with Gasteiger partial charge in [0.1, 0.15) is 5.75 Å². The van der Waals surface area contributed by atoms with Gasteiger partial charge < -0.3 is 15.4 Å². The molecule has 0 unspecified atom stereocenters. The number of methoxy groups -OCH3 is 1. The topological polar surface area (TPSA) is 67.4 Å². The molecule has 0 aliphatic carbocycles. The third-order valence-electron chi connectivity index (χ3n) is 2.96. The molecule has 0 atom stereocenters. The van der Waals surface area contributed by atoms with Gasteiger partial charge in [-0.05, 0) is 24.1 Å². The van der Waals surface area contributed by atoms with Crippen LogP contribution in [0.25, 0.3) is 0 Å². The molecule has 0 radical (unpaired) electrons. The lowest BCUT2D eigenvalue weighted by Gasteiger charge is -2.17. The second-order valence-electron chi connectivity index (χ2n) is 5.88. The van der Waals surface area contributed by atoms with E-state index in [0.29, 0.717) is 6.54 Å². The van der Waals surface area contributed by atoms with Crippen molar-refractivity contribution in [3.8, 4) is 5.75 Å². The molecule has 0 fully saturated rings. The second-order valence-corrected chi connectivity index (χ2v) is 5.88. The lowest BCUT2D eigenvalue weighted by atomic mass is 9.96. The van der Waals surface area contributed by atoms with Crippen molar-refractivity contribution in [3.63, 3.8) is 0 Å². The van der Waals surface area contributed by atoms with Gasteiger partial charge in [-0.1, -0.05) is 32.9 Å². The highest BCUT2D eigenvalue weighted by atomic mass is 16.5. The van der Waals surface area contributed by atoms with Crippen molar-refractivity contribution in [2.75, 3.05) is 20.2 Å². The Morgan fingerprint density at radius 3 is 2.52 bits per heavy atom. The van der Waals surface area contributed by atoms with Gasteiger partial charge in [-0.25, -0.2) is 0 Å². The van der Waals surface area contributed by atoms with E-state index in [2.05, 4.69) is 10.6 Å². The summed E-state index contributed by atoms with van der Waals surface area (Å²) in [4.78, 5) is 23.3. The van der Waals surface area contributed by atoms with Crippen LogP contribution >= 0.6 is 0 Å². The first kappa shape index (κ1) is 17.0. The summed E-state index contributed by atoms with van der Waals surface area (Å²) in [5.41, 5.74) is 0.606. The molecule has 0 aliphatic rings. The Labute approximate surface area is 126 Å². The lowest BCUT2D eigenvalue weighted by molar-refractivity contribution is -0.131. The third kappa shape index (κ3) is 6.29. The van der Waals surface area contributed by atoms with Gasteiger partial charge in [-0.3, -0.25) is 9.59 Å². The first-order chi connectivity index (χ1) is 9.82. The molecule has 2 N–H and O–H groups in total. The van der Waals surface area contributed by atoms with Crippen LogP contribution in [-0.2, 0) is 16.0 Å². The quantitative estimate of drug-likeness (QED) is 0.835. The summed E-state index contributed by atoms with van der Waals surface area (Å²) in [5.74, 6) is 0.484. The number of benzene rings is 1. The van der Waals surface area contributed by atoms with Crippen molar-refractivity contribution < 1.29 is 14.3 Å². The van der Waals surface area contributed by atoms with Crippen LogP contribution in [0.2, 0.25) is 0 Å². The number of nitrogens with one attached hydrogen (secondary N) is 2.